The van der Waals surface area contributed by atoms with Crippen molar-refractivity contribution in [3.05, 3.63) is 0 Å². The predicted molar refractivity (Wildman–Crippen MR) is 65.3 cm³/mol. The highest BCUT2D eigenvalue weighted by Gasteiger charge is 2.19. The van der Waals surface area contributed by atoms with Crippen molar-refractivity contribution in [2.75, 3.05) is 19.6 Å². The van der Waals surface area contributed by atoms with Crippen molar-refractivity contribution in [1.29, 1.82) is 0 Å². The van der Waals surface area contributed by atoms with Crippen LogP contribution in [0.2, 0.25) is 0 Å². The second-order valence-corrected chi connectivity index (χ2v) is 5.13. The lowest BCUT2D eigenvalue weighted by molar-refractivity contribution is -0.127. The van der Waals surface area contributed by atoms with Gasteiger partial charge in [-0.15, -0.1) is 0 Å². The van der Waals surface area contributed by atoms with Crippen molar-refractivity contribution in [3.8, 4) is 0 Å². The summed E-state index contributed by atoms with van der Waals surface area (Å²) < 4.78 is 0. The maximum Gasteiger partial charge on any atom is 0.222 e. The molecule has 0 aromatic heterocycles. The van der Waals surface area contributed by atoms with E-state index in [4.69, 9.17) is 0 Å². The summed E-state index contributed by atoms with van der Waals surface area (Å²) in [6.07, 6.45) is 10.0. The standard InChI is InChI=1S/C13H24N2O/c16-13-8-5-10-15(13)11-9-14-12-6-3-1-2-4-7-12/h12,14H,1-11H2. The molecule has 1 saturated carbocycles. The Labute approximate surface area is 98.6 Å². The molecule has 0 unspecified atom stereocenters. The number of amides is 1. The Morgan fingerprint density at radius 1 is 1.12 bits per heavy atom. The average molecular weight is 224 g/mol. The Morgan fingerprint density at radius 3 is 2.50 bits per heavy atom. The number of carbonyl (C=O) groups is 1. The van der Waals surface area contributed by atoms with E-state index in [0.29, 0.717) is 11.9 Å². The molecule has 1 heterocycles. The van der Waals surface area contributed by atoms with E-state index in [1.165, 1.54) is 38.5 Å². The molecule has 0 bridgehead atoms. The van der Waals surface area contributed by atoms with Crippen molar-refractivity contribution in [1.82, 2.24) is 10.2 Å². The number of likely N-dealkylation sites (tertiary alicyclic amines) is 1. The van der Waals surface area contributed by atoms with E-state index in [-0.39, 0.29) is 0 Å². The summed E-state index contributed by atoms with van der Waals surface area (Å²) in [7, 11) is 0. The van der Waals surface area contributed by atoms with Crippen molar-refractivity contribution >= 4 is 5.91 Å². The number of nitrogens with one attached hydrogen (secondary N) is 1. The highest BCUT2D eigenvalue weighted by atomic mass is 16.2. The summed E-state index contributed by atoms with van der Waals surface area (Å²) in [6.45, 7) is 2.87. The fourth-order valence-electron chi connectivity index (χ4n) is 2.83. The van der Waals surface area contributed by atoms with Gasteiger partial charge < -0.3 is 10.2 Å². The Kier molecular flexibility index (Phi) is 4.64. The Balaban J connectivity index is 1.61. The van der Waals surface area contributed by atoms with Gasteiger partial charge in [0.15, 0.2) is 0 Å². The molecule has 3 heteroatoms. The molecule has 2 aliphatic rings. The maximum absolute atomic E-state index is 11.4. The summed E-state index contributed by atoms with van der Waals surface area (Å²) in [6, 6.07) is 0.709. The predicted octanol–water partition coefficient (Wildman–Crippen LogP) is 1.92. The molecule has 0 spiro atoms. The third-order valence-corrected chi connectivity index (χ3v) is 3.84. The average Bonchev–Trinajstić information content (AvgIpc) is 2.55. The summed E-state index contributed by atoms with van der Waals surface area (Å²) in [5, 5.41) is 3.62. The van der Waals surface area contributed by atoms with Gasteiger partial charge in [0.05, 0.1) is 0 Å². The third kappa shape index (κ3) is 3.48. The normalized spacial score (nSPS) is 23.8. The highest BCUT2D eigenvalue weighted by molar-refractivity contribution is 5.78. The molecule has 0 radical (unpaired) electrons. The van der Waals surface area contributed by atoms with E-state index in [0.717, 1.165) is 32.5 Å². The maximum atomic E-state index is 11.4. The molecule has 92 valence electrons. The lowest BCUT2D eigenvalue weighted by Crippen LogP contribution is -2.37. The fraction of sp³-hybridized carbons (Fsp3) is 0.923. The molecule has 0 aromatic rings. The van der Waals surface area contributed by atoms with Gasteiger partial charge in [-0.1, -0.05) is 25.7 Å². The summed E-state index contributed by atoms with van der Waals surface area (Å²) in [5.41, 5.74) is 0. The molecule has 2 rings (SSSR count). The van der Waals surface area contributed by atoms with Crippen LogP contribution in [-0.4, -0.2) is 36.5 Å². The molecule has 1 aliphatic heterocycles. The van der Waals surface area contributed by atoms with Gasteiger partial charge in [0, 0.05) is 32.1 Å². The van der Waals surface area contributed by atoms with E-state index in [9.17, 15) is 4.79 Å². The number of nitrogens with zero attached hydrogens (tertiary/aromatic N) is 1. The zero-order chi connectivity index (χ0) is 11.2. The number of rotatable bonds is 4. The SMILES string of the molecule is O=C1CCCN1CCNC1CCCCCC1. The molecule has 2 fully saturated rings. The monoisotopic (exact) mass is 224 g/mol. The first-order chi connectivity index (χ1) is 7.86. The van der Waals surface area contributed by atoms with Crippen LogP contribution in [0.5, 0.6) is 0 Å². The smallest absolute Gasteiger partial charge is 0.222 e. The number of hydrogen-bond donors (Lipinski definition) is 1. The van der Waals surface area contributed by atoms with Crippen molar-refractivity contribution in [3.63, 3.8) is 0 Å². The van der Waals surface area contributed by atoms with E-state index in [1.54, 1.807) is 0 Å². The Bertz CT molecular complexity index is 222. The number of carbonyl (C=O) groups excluding carboxylic acids is 1. The van der Waals surface area contributed by atoms with Crippen LogP contribution in [0.25, 0.3) is 0 Å². The fourth-order valence-corrected chi connectivity index (χ4v) is 2.83. The molecular weight excluding hydrogens is 200 g/mol. The Hall–Kier alpha value is -0.570. The highest BCUT2D eigenvalue weighted by Crippen LogP contribution is 2.17. The second-order valence-electron chi connectivity index (χ2n) is 5.13. The molecule has 1 N–H and O–H groups in total. The second kappa shape index (κ2) is 6.24. The minimum absolute atomic E-state index is 0.350. The summed E-state index contributed by atoms with van der Waals surface area (Å²) in [5.74, 6) is 0.350. The van der Waals surface area contributed by atoms with Gasteiger partial charge in [0.1, 0.15) is 0 Å². The summed E-state index contributed by atoms with van der Waals surface area (Å²) >= 11 is 0. The van der Waals surface area contributed by atoms with Crippen LogP contribution in [0.15, 0.2) is 0 Å². The van der Waals surface area contributed by atoms with Crippen LogP contribution in [0.4, 0.5) is 0 Å². The minimum Gasteiger partial charge on any atom is -0.341 e. The molecule has 1 amide bonds. The lowest BCUT2D eigenvalue weighted by atomic mass is 10.1. The van der Waals surface area contributed by atoms with Crippen LogP contribution in [0, 0.1) is 0 Å². The topological polar surface area (TPSA) is 32.3 Å². The van der Waals surface area contributed by atoms with E-state index in [1.807, 2.05) is 4.90 Å². The molecule has 3 nitrogen and oxygen atoms in total. The minimum atomic E-state index is 0.350. The van der Waals surface area contributed by atoms with Gasteiger partial charge in [-0.2, -0.15) is 0 Å². The first kappa shape index (κ1) is 11.9. The van der Waals surface area contributed by atoms with Crippen molar-refractivity contribution < 1.29 is 4.79 Å². The van der Waals surface area contributed by atoms with E-state index >= 15 is 0 Å². The van der Waals surface area contributed by atoms with Gasteiger partial charge in [-0.05, 0) is 19.3 Å². The van der Waals surface area contributed by atoms with Gasteiger partial charge in [0.2, 0.25) is 5.91 Å². The van der Waals surface area contributed by atoms with Gasteiger partial charge in [-0.3, -0.25) is 4.79 Å². The largest absolute Gasteiger partial charge is 0.341 e. The molecule has 0 aromatic carbocycles. The van der Waals surface area contributed by atoms with Crippen LogP contribution in [0.3, 0.4) is 0 Å². The quantitative estimate of drug-likeness (QED) is 0.740. The zero-order valence-electron chi connectivity index (χ0n) is 10.2. The van der Waals surface area contributed by atoms with E-state index < -0.39 is 0 Å². The van der Waals surface area contributed by atoms with E-state index in [2.05, 4.69) is 5.32 Å². The Morgan fingerprint density at radius 2 is 1.88 bits per heavy atom. The van der Waals surface area contributed by atoms with Gasteiger partial charge in [0.25, 0.3) is 0 Å². The van der Waals surface area contributed by atoms with Crippen LogP contribution >= 0.6 is 0 Å². The lowest BCUT2D eigenvalue weighted by Gasteiger charge is -2.20. The van der Waals surface area contributed by atoms with Crippen LogP contribution < -0.4 is 5.32 Å². The zero-order valence-corrected chi connectivity index (χ0v) is 10.2. The molecule has 1 saturated heterocycles. The molecule has 16 heavy (non-hydrogen) atoms. The van der Waals surface area contributed by atoms with Crippen molar-refractivity contribution in [2.45, 2.75) is 57.4 Å². The first-order valence-corrected chi connectivity index (χ1v) is 6.87. The van der Waals surface area contributed by atoms with Crippen molar-refractivity contribution in [2.24, 2.45) is 0 Å². The first-order valence-electron chi connectivity index (χ1n) is 6.87. The number of hydrogen-bond acceptors (Lipinski definition) is 2. The van der Waals surface area contributed by atoms with Crippen LogP contribution in [0.1, 0.15) is 51.4 Å². The van der Waals surface area contributed by atoms with Gasteiger partial charge >= 0.3 is 0 Å². The van der Waals surface area contributed by atoms with Gasteiger partial charge in [-0.25, -0.2) is 0 Å². The van der Waals surface area contributed by atoms with Crippen LogP contribution in [-0.2, 0) is 4.79 Å². The summed E-state index contributed by atoms with van der Waals surface area (Å²) in [4.78, 5) is 13.4. The molecule has 0 atom stereocenters. The molecular formula is C13H24N2O. The third-order valence-electron chi connectivity index (χ3n) is 3.84. The molecule has 1 aliphatic carbocycles.